The third kappa shape index (κ3) is 5.26. The number of methoxy groups -OCH3 is 1. The van der Waals surface area contributed by atoms with Crippen molar-refractivity contribution in [3.63, 3.8) is 0 Å². The summed E-state index contributed by atoms with van der Waals surface area (Å²) in [5, 5.41) is 0. The van der Waals surface area contributed by atoms with Crippen LogP contribution < -0.4 is 0 Å². The van der Waals surface area contributed by atoms with Gasteiger partial charge in [-0.3, -0.25) is 0 Å². The zero-order valence-corrected chi connectivity index (χ0v) is 8.84. The van der Waals surface area contributed by atoms with Crippen LogP contribution in [0, 0.1) is 0 Å². The molecule has 0 aliphatic rings. The molecule has 0 unspecified atom stereocenters. The third-order valence-corrected chi connectivity index (χ3v) is 1.84. The average molecular weight is 181 g/mol. The minimum atomic E-state index is 0.719. The lowest BCUT2D eigenvalue weighted by Gasteiger charge is -2.18. The summed E-state index contributed by atoms with van der Waals surface area (Å²) in [4.78, 5) is 2.05. The zero-order valence-electron chi connectivity index (χ0n) is 8.84. The van der Waals surface area contributed by atoms with E-state index in [9.17, 15) is 0 Å². The molecule has 0 aromatic rings. The monoisotopic (exact) mass is 181 g/mol. The van der Waals surface area contributed by atoms with E-state index in [1.807, 2.05) is 26.1 Å². The van der Waals surface area contributed by atoms with Crippen LogP contribution in [0.4, 0.5) is 0 Å². The highest BCUT2D eigenvalue weighted by molar-refractivity contribution is 5.24. The van der Waals surface area contributed by atoms with Crippen molar-refractivity contribution in [3.05, 3.63) is 36.6 Å². The molecule has 0 aliphatic heterocycles. The highest BCUT2D eigenvalue weighted by Crippen LogP contribution is 2.04. The van der Waals surface area contributed by atoms with Gasteiger partial charge in [0.25, 0.3) is 0 Å². The van der Waals surface area contributed by atoms with Crippen molar-refractivity contribution in [3.8, 4) is 0 Å². The van der Waals surface area contributed by atoms with Gasteiger partial charge in [-0.2, -0.15) is 0 Å². The Morgan fingerprint density at radius 1 is 1.54 bits per heavy atom. The topological polar surface area (TPSA) is 12.5 Å². The number of allylic oxidation sites excluding steroid dienone is 3. The van der Waals surface area contributed by atoms with Gasteiger partial charge in [-0.25, -0.2) is 0 Å². The lowest BCUT2D eigenvalue weighted by atomic mass is 10.2. The van der Waals surface area contributed by atoms with E-state index in [4.69, 9.17) is 4.74 Å². The second-order valence-electron chi connectivity index (χ2n) is 3.00. The quantitative estimate of drug-likeness (QED) is 0.582. The highest BCUT2D eigenvalue weighted by atomic mass is 16.5. The number of hydrogen-bond acceptors (Lipinski definition) is 2. The van der Waals surface area contributed by atoms with E-state index in [-0.39, 0.29) is 0 Å². The Morgan fingerprint density at radius 2 is 2.15 bits per heavy atom. The molecule has 74 valence electrons. The lowest BCUT2D eigenvalue weighted by Crippen LogP contribution is -2.20. The summed E-state index contributed by atoms with van der Waals surface area (Å²) < 4.78 is 4.97. The number of hydrogen-bond donors (Lipinski definition) is 0. The van der Waals surface area contributed by atoms with Gasteiger partial charge in [-0.05, 0) is 18.6 Å². The second-order valence-corrected chi connectivity index (χ2v) is 3.00. The minimum Gasteiger partial charge on any atom is -0.383 e. The molecule has 0 N–H and O–H groups in total. The highest BCUT2D eigenvalue weighted by Gasteiger charge is 1.97. The maximum Gasteiger partial charge on any atom is 0.0637 e. The summed E-state index contributed by atoms with van der Waals surface area (Å²) in [5.74, 6) is 0. The van der Waals surface area contributed by atoms with Gasteiger partial charge in [0.1, 0.15) is 0 Å². The molecule has 0 bridgehead atoms. The summed E-state index contributed by atoms with van der Waals surface area (Å²) in [7, 11) is 3.69. The van der Waals surface area contributed by atoms with Crippen LogP contribution in [0.5, 0.6) is 0 Å². The smallest absolute Gasteiger partial charge is 0.0637 e. The van der Waals surface area contributed by atoms with Crippen molar-refractivity contribution >= 4 is 0 Å². The molecule has 0 aromatic carbocycles. The molecule has 13 heavy (non-hydrogen) atoms. The van der Waals surface area contributed by atoms with Crippen molar-refractivity contribution in [2.24, 2.45) is 0 Å². The molecule has 0 rings (SSSR count). The second kappa shape index (κ2) is 6.49. The molecule has 2 heteroatoms. The van der Waals surface area contributed by atoms with Crippen LogP contribution in [0.15, 0.2) is 36.6 Å². The molecular formula is C11H19NO. The molecule has 2 nitrogen and oxygen atoms in total. The first kappa shape index (κ1) is 12.0. The first-order valence-corrected chi connectivity index (χ1v) is 4.31. The maximum absolute atomic E-state index is 4.97. The fourth-order valence-electron chi connectivity index (χ4n) is 0.804. The maximum atomic E-state index is 4.97. The number of rotatable bonds is 6. The fourth-order valence-corrected chi connectivity index (χ4v) is 0.804. The molecule has 0 heterocycles. The largest absolute Gasteiger partial charge is 0.383 e. The van der Waals surface area contributed by atoms with Gasteiger partial charge in [-0.1, -0.05) is 19.2 Å². The summed E-state index contributed by atoms with van der Waals surface area (Å²) in [6, 6.07) is 0. The van der Waals surface area contributed by atoms with Crippen molar-refractivity contribution < 1.29 is 4.74 Å². The number of likely N-dealkylation sites (N-methyl/N-ethyl adjacent to an activating group) is 1. The Kier molecular flexibility index (Phi) is 5.98. The van der Waals surface area contributed by atoms with Crippen LogP contribution in [-0.2, 0) is 4.74 Å². The Balaban J connectivity index is 4.03. The number of ether oxygens (including phenoxy) is 1. The third-order valence-electron chi connectivity index (χ3n) is 1.84. The normalized spacial score (nSPS) is 11.2. The lowest BCUT2D eigenvalue weighted by molar-refractivity contribution is 0.175. The summed E-state index contributed by atoms with van der Waals surface area (Å²) in [6.07, 6.45) is 3.82. The van der Waals surface area contributed by atoms with E-state index in [1.165, 1.54) is 0 Å². The Morgan fingerprint density at radius 3 is 2.62 bits per heavy atom. The van der Waals surface area contributed by atoms with Crippen LogP contribution in [-0.4, -0.2) is 32.2 Å². The predicted octanol–water partition coefficient (Wildman–Crippen LogP) is 2.21. The molecule has 0 amide bonds. The SMILES string of the molecule is C=C/C(C)=C\C(=C)N(C)CCOC. The molecular weight excluding hydrogens is 162 g/mol. The molecule has 0 fully saturated rings. The van der Waals surface area contributed by atoms with Crippen LogP contribution in [0.2, 0.25) is 0 Å². The van der Waals surface area contributed by atoms with E-state index in [1.54, 1.807) is 7.11 Å². The summed E-state index contributed by atoms with van der Waals surface area (Å²) in [5.41, 5.74) is 2.10. The molecule has 0 radical (unpaired) electrons. The number of nitrogens with zero attached hydrogens (tertiary/aromatic N) is 1. The molecule has 0 saturated heterocycles. The van der Waals surface area contributed by atoms with Gasteiger partial charge in [0.05, 0.1) is 6.61 Å². The van der Waals surface area contributed by atoms with Gasteiger partial charge in [0.2, 0.25) is 0 Å². The Bertz CT molecular complexity index is 206. The first-order chi connectivity index (χ1) is 6.11. The average Bonchev–Trinajstić information content (AvgIpc) is 2.13. The van der Waals surface area contributed by atoms with E-state index in [0.717, 1.165) is 24.4 Å². The van der Waals surface area contributed by atoms with Crippen LogP contribution in [0.1, 0.15) is 6.92 Å². The predicted molar refractivity (Wildman–Crippen MR) is 57.6 cm³/mol. The van der Waals surface area contributed by atoms with E-state index >= 15 is 0 Å². The zero-order chi connectivity index (χ0) is 10.3. The van der Waals surface area contributed by atoms with Gasteiger partial charge in [0.15, 0.2) is 0 Å². The fraction of sp³-hybridized carbons (Fsp3) is 0.455. The summed E-state index contributed by atoms with van der Waals surface area (Å²) >= 11 is 0. The molecule has 0 saturated carbocycles. The van der Waals surface area contributed by atoms with Crippen molar-refractivity contribution in [1.82, 2.24) is 4.90 Å². The Hall–Kier alpha value is -1.02. The van der Waals surface area contributed by atoms with Gasteiger partial charge >= 0.3 is 0 Å². The van der Waals surface area contributed by atoms with Crippen LogP contribution >= 0.6 is 0 Å². The molecule has 0 spiro atoms. The Labute approximate surface area is 81.2 Å². The van der Waals surface area contributed by atoms with Crippen molar-refractivity contribution in [2.75, 3.05) is 27.3 Å². The first-order valence-electron chi connectivity index (χ1n) is 4.31. The van der Waals surface area contributed by atoms with Gasteiger partial charge < -0.3 is 9.64 Å². The van der Waals surface area contributed by atoms with E-state index in [2.05, 4.69) is 18.1 Å². The molecule has 0 aliphatic carbocycles. The molecule has 0 atom stereocenters. The standard InChI is InChI=1S/C11H19NO/c1-6-10(2)9-11(3)12(4)7-8-13-5/h6,9H,1,3,7-8H2,2,4-5H3/b10-9-. The van der Waals surface area contributed by atoms with E-state index < -0.39 is 0 Å². The van der Waals surface area contributed by atoms with Crippen LogP contribution in [0.25, 0.3) is 0 Å². The van der Waals surface area contributed by atoms with E-state index in [0.29, 0.717) is 0 Å². The minimum absolute atomic E-state index is 0.719. The van der Waals surface area contributed by atoms with Crippen molar-refractivity contribution in [1.29, 1.82) is 0 Å². The van der Waals surface area contributed by atoms with Gasteiger partial charge in [0, 0.05) is 26.4 Å². The molecule has 0 aromatic heterocycles. The summed E-state index contributed by atoms with van der Waals surface area (Å²) in [6.45, 7) is 11.2. The van der Waals surface area contributed by atoms with Crippen molar-refractivity contribution in [2.45, 2.75) is 6.92 Å². The van der Waals surface area contributed by atoms with Gasteiger partial charge in [-0.15, -0.1) is 0 Å². The van der Waals surface area contributed by atoms with Crippen LogP contribution in [0.3, 0.4) is 0 Å².